The van der Waals surface area contributed by atoms with E-state index in [2.05, 4.69) is 42.6 Å². The second-order valence-corrected chi connectivity index (χ2v) is 6.31. The summed E-state index contributed by atoms with van der Waals surface area (Å²) in [6, 6.07) is 11.3. The lowest BCUT2D eigenvalue weighted by Gasteiger charge is -2.21. The molecule has 100 valence electrons. The van der Waals surface area contributed by atoms with E-state index in [0.717, 1.165) is 25.2 Å². The van der Waals surface area contributed by atoms with Crippen LogP contribution < -0.4 is 10.1 Å². The Morgan fingerprint density at radius 2 is 2.16 bits per heavy atom. The van der Waals surface area contributed by atoms with Gasteiger partial charge in [0.05, 0.1) is 12.6 Å². The molecule has 1 N–H and O–H groups in total. The standard InChI is InChI=1S/C16H19NOS/c1-11-5-8-15(19-11)16(17-2)13-6-7-14-12(10-13)4-3-9-18-14/h5-8,10,16-17H,3-4,9H2,1-2H3. The van der Waals surface area contributed by atoms with Crippen LogP contribution in [0, 0.1) is 6.92 Å². The minimum absolute atomic E-state index is 0.283. The van der Waals surface area contributed by atoms with Crippen molar-refractivity contribution < 1.29 is 4.74 Å². The second kappa shape index (κ2) is 5.35. The fourth-order valence-electron chi connectivity index (χ4n) is 2.64. The highest BCUT2D eigenvalue weighted by Gasteiger charge is 2.17. The van der Waals surface area contributed by atoms with Crippen molar-refractivity contribution in [2.45, 2.75) is 25.8 Å². The zero-order valence-electron chi connectivity index (χ0n) is 11.4. The maximum Gasteiger partial charge on any atom is 0.122 e. The Bertz CT molecular complexity index is 576. The molecule has 0 amide bonds. The minimum atomic E-state index is 0.283. The van der Waals surface area contributed by atoms with E-state index in [1.165, 1.54) is 20.9 Å². The van der Waals surface area contributed by atoms with Crippen LogP contribution in [0.25, 0.3) is 0 Å². The van der Waals surface area contributed by atoms with Gasteiger partial charge in [-0.1, -0.05) is 12.1 Å². The van der Waals surface area contributed by atoms with E-state index in [9.17, 15) is 0 Å². The van der Waals surface area contributed by atoms with Gasteiger partial charge in [0, 0.05) is 9.75 Å². The number of hydrogen-bond donors (Lipinski definition) is 1. The third-order valence-corrected chi connectivity index (χ3v) is 4.67. The number of thiophene rings is 1. The second-order valence-electron chi connectivity index (χ2n) is 4.99. The summed E-state index contributed by atoms with van der Waals surface area (Å²) in [5.74, 6) is 1.06. The molecule has 3 rings (SSSR count). The summed E-state index contributed by atoms with van der Waals surface area (Å²) < 4.78 is 5.68. The molecule has 3 heteroatoms. The molecule has 0 saturated heterocycles. The molecule has 2 nitrogen and oxygen atoms in total. The maximum atomic E-state index is 5.68. The summed E-state index contributed by atoms with van der Waals surface area (Å²) in [5, 5.41) is 3.42. The minimum Gasteiger partial charge on any atom is -0.493 e. The highest BCUT2D eigenvalue weighted by molar-refractivity contribution is 7.12. The predicted molar refractivity (Wildman–Crippen MR) is 80.2 cm³/mol. The highest BCUT2D eigenvalue weighted by Crippen LogP contribution is 2.32. The number of nitrogens with one attached hydrogen (secondary N) is 1. The first-order valence-corrected chi connectivity index (χ1v) is 7.59. The summed E-state index contributed by atoms with van der Waals surface area (Å²) in [7, 11) is 2.02. The molecule has 1 aliphatic rings. The van der Waals surface area contributed by atoms with Crippen molar-refractivity contribution >= 4 is 11.3 Å². The zero-order valence-corrected chi connectivity index (χ0v) is 12.2. The van der Waals surface area contributed by atoms with E-state index in [4.69, 9.17) is 4.74 Å². The van der Waals surface area contributed by atoms with Gasteiger partial charge in [-0.2, -0.15) is 0 Å². The SMILES string of the molecule is CNC(c1ccc2c(c1)CCCO2)c1ccc(C)s1. The third kappa shape index (κ3) is 2.53. The molecule has 0 saturated carbocycles. The summed E-state index contributed by atoms with van der Waals surface area (Å²) in [6.07, 6.45) is 2.25. The van der Waals surface area contributed by atoms with Crippen LogP contribution in [0.5, 0.6) is 5.75 Å². The van der Waals surface area contributed by atoms with Crippen LogP contribution in [0.4, 0.5) is 0 Å². The molecule has 0 bridgehead atoms. The topological polar surface area (TPSA) is 21.3 Å². The fourth-order valence-corrected chi connectivity index (χ4v) is 3.66. The Labute approximate surface area is 118 Å². The summed E-state index contributed by atoms with van der Waals surface area (Å²) >= 11 is 1.86. The van der Waals surface area contributed by atoms with Gasteiger partial charge in [0.2, 0.25) is 0 Å². The molecule has 19 heavy (non-hydrogen) atoms. The van der Waals surface area contributed by atoms with E-state index in [1.54, 1.807) is 0 Å². The van der Waals surface area contributed by atoms with Crippen molar-refractivity contribution in [3.05, 3.63) is 51.2 Å². The number of fused-ring (bicyclic) bond motifs is 1. The Kier molecular flexibility index (Phi) is 3.58. The van der Waals surface area contributed by atoms with Crippen molar-refractivity contribution in [2.75, 3.05) is 13.7 Å². The molecule has 0 aliphatic carbocycles. The van der Waals surface area contributed by atoms with E-state index < -0.39 is 0 Å². The zero-order chi connectivity index (χ0) is 13.2. The number of ether oxygens (including phenoxy) is 1. The molecule has 1 unspecified atom stereocenters. The van der Waals surface area contributed by atoms with Crippen molar-refractivity contribution in [1.29, 1.82) is 0 Å². The van der Waals surface area contributed by atoms with Crippen LogP contribution in [-0.4, -0.2) is 13.7 Å². The molecule has 1 aromatic heterocycles. The van der Waals surface area contributed by atoms with E-state index in [-0.39, 0.29) is 6.04 Å². The molecule has 0 radical (unpaired) electrons. The Hall–Kier alpha value is -1.32. The fraction of sp³-hybridized carbons (Fsp3) is 0.375. The molecule has 1 atom stereocenters. The first-order valence-electron chi connectivity index (χ1n) is 6.77. The molecule has 2 aromatic rings. The summed E-state index contributed by atoms with van der Waals surface area (Å²) in [5.41, 5.74) is 2.67. The van der Waals surface area contributed by atoms with Gasteiger partial charge in [-0.05, 0) is 56.1 Å². The molecule has 0 spiro atoms. The van der Waals surface area contributed by atoms with Crippen LogP contribution in [0.1, 0.15) is 33.3 Å². The maximum absolute atomic E-state index is 5.68. The molecule has 1 aromatic carbocycles. The van der Waals surface area contributed by atoms with Crippen LogP contribution in [0.15, 0.2) is 30.3 Å². The molecule has 0 fully saturated rings. The van der Waals surface area contributed by atoms with Gasteiger partial charge in [-0.15, -0.1) is 11.3 Å². The van der Waals surface area contributed by atoms with Crippen LogP contribution in [-0.2, 0) is 6.42 Å². The third-order valence-electron chi connectivity index (χ3n) is 3.60. The monoisotopic (exact) mass is 273 g/mol. The highest BCUT2D eigenvalue weighted by atomic mass is 32.1. The van der Waals surface area contributed by atoms with Crippen LogP contribution in [0.2, 0.25) is 0 Å². The number of aryl methyl sites for hydroxylation is 2. The smallest absolute Gasteiger partial charge is 0.122 e. The Morgan fingerprint density at radius 3 is 2.89 bits per heavy atom. The van der Waals surface area contributed by atoms with Gasteiger partial charge >= 0.3 is 0 Å². The predicted octanol–water partition coefficient (Wildman–Crippen LogP) is 3.69. The van der Waals surface area contributed by atoms with Gasteiger partial charge in [-0.3, -0.25) is 0 Å². The first-order chi connectivity index (χ1) is 9.28. The van der Waals surface area contributed by atoms with Gasteiger partial charge < -0.3 is 10.1 Å². The van der Waals surface area contributed by atoms with Crippen molar-refractivity contribution in [3.63, 3.8) is 0 Å². The molecular weight excluding hydrogens is 254 g/mol. The van der Waals surface area contributed by atoms with Gasteiger partial charge in [0.15, 0.2) is 0 Å². The molecular formula is C16H19NOS. The van der Waals surface area contributed by atoms with Crippen LogP contribution >= 0.6 is 11.3 Å². The largest absolute Gasteiger partial charge is 0.493 e. The average molecular weight is 273 g/mol. The van der Waals surface area contributed by atoms with Gasteiger partial charge in [-0.25, -0.2) is 0 Å². The first kappa shape index (κ1) is 12.7. The lowest BCUT2D eigenvalue weighted by molar-refractivity contribution is 0.288. The van der Waals surface area contributed by atoms with Gasteiger partial charge in [0.25, 0.3) is 0 Å². The van der Waals surface area contributed by atoms with Crippen molar-refractivity contribution in [2.24, 2.45) is 0 Å². The lowest BCUT2D eigenvalue weighted by Crippen LogP contribution is -2.17. The normalized spacial score (nSPS) is 15.7. The molecule has 2 heterocycles. The van der Waals surface area contributed by atoms with Crippen LogP contribution in [0.3, 0.4) is 0 Å². The quantitative estimate of drug-likeness (QED) is 0.921. The number of rotatable bonds is 3. The average Bonchev–Trinajstić information content (AvgIpc) is 2.86. The summed E-state index contributed by atoms with van der Waals surface area (Å²) in [4.78, 5) is 2.73. The Morgan fingerprint density at radius 1 is 1.26 bits per heavy atom. The van der Waals surface area contributed by atoms with Gasteiger partial charge in [0.1, 0.15) is 5.75 Å². The van der Waals surface area contributed by atoms with Crippen molar-refractivity contribution in [3.8, 4) is 5.75 Å². The van der Waals surface area contributed by atoms with E-state index in [0.29, 0.717) is 0 Å². The lowest BCUT2D eigenvalue weighted by atomic mass is 9.98. The molecule has 1 aliphatic heterocycles. The summed E-state index contributed by atoms with van der Waals surface area (Å²) in [6.45, 7) is 3.01. The Balaban J connectivity index is 1.95. The number of hydrogen-bond acceptors (Lipinski definition) is 3. The van der Waals surface area contributed by atoms with E-state index >= 15 is 0 Å². The van der Waals surface area contributed by atoms with E-state index in [1.807, 2.05) is 18.4 Å². The van der Waals surface area contributed by atoms with Crippen molar-refractivity contribution in [1.82, 2.24) is 5.32 Å². The number of benzene rings is 1.